The van der Waals surface area contributed by atoms with Crippen molar-refractivity contribution in [2.24, 2.45) is 4.99 Å². The summed E-state index contributed by atoms with van der Waals surface area (Å²) in [4.78, 5) is 5.08. The highest BCUT2D eigenvalue weighted by Gasteiger charge is 2.25. The Labute approximate surface area is 193 Å². The Morgan fingerprint density at radius 2 is 1.66 bits per heavy atom. The standard InChI is InChI=1S/C21H34N4O2S.HI/c1-2-22-21(24-19-9-5-3-6-10-19)23-17-18-11-13-20(14-12-18)28(26,27)25-15-7-4-8-16-25;/h11-14,19H,2-10,15-17H2,1H3,(H2,22,23,24);1H. The number of halogens is 1. The molecule has 0 radical (unpaired) electrons. The molecule has 1 aliphatic heterocycles. The van der Waals surface area contributed by atoms with Crippen molar-refractivity contribution in [1.82, 2.24) is 14.9 Å². The largest absolute Gasteiger partial charge is 0.357 e. The first kappa shape index (κ1) is 24.4. The minimum Gasteiger partial charge on any atom is -0.357 e. The van der Waals surface area contributed by atoms with Crippen LogP contribution in [0.2, 0.25) is 0 Å². The molecule has 0 atom stereocenters. The van der Waals surface area contributed by atoms with Crippen molar-refractivity contribution in [2.75, 3.05) is 19.6 Å². The van der Waals surface area contributed by atoms with E-state index in [0.29, 0.717) is 30.6 Å². The number of piperidine rings is 1. The van der Waals surface area contributed by atoms with Gasteiger partial charge in [0.05, 0.1) is 11.4 Å². The Morgan fingerprint density at radius 1 is 1.03 bits per heavy atom. The SMILES string of the molecule is CCNC(=NCc1ccc(S(=O)(=O)N2CCCCC2)cc1)NC1CCCCC1.I. The zero-order chi connectivity index (χ0) is 19.8. The average molecular weight is 535 g/mol. The normalized spacial score (nSPS) is 19.4. The van der Waals surface area contributed by atoms with Gasteiger partial charge >= 0.3 is 0 Å². The molecule has 2 fully saturated rings. The minimum absolute atomic E-state index is 0. The monoisotopic (exact) mass is 534 g/mol. The highest BCUT2D eigenvalue weighted by Crippen LogP contribution is 2.21. The maximum Gasteiger partial charge on any atom is 0.243 e. The predicted octanol–water partition coefficient (Wildman–Crippen LogP) is 3.87. The van der Waals surface area contributed by atoms with Crippen LogP contribution in [0.1, 0.15) is 63.9 Å². The molecule has 1 aromatic carbocycles. The van der Waals surface area contributed by atoms with E-state index in [0.717, 1.165) is 37.3 Å². The average Bonchev–Trinajstić information content (AvgIpc) is 2.74. The Kier molecular flexibility index (Phi) is 10.2. The molecule has 0 amide bonds. The second-order valence-electron chi connectivity index (χ2n) is 7.78. The molecule has 1 aromatic rings. The molecule has 2 N–H and O–H groups in total. The zero-order valence-corrected chi connectivity index (χ0v) is 20.5. The van der Waals surface area contributed by atoms with Gasteiger partial charge in [-0.15, -0.1) is 24.0 Å². The lowest BCUT2D eigenvalue weighted by molar-refractivity contribution is 0.346. The van der Waals surface area contributed by atoms with Gasteiger partial charge in [0.15, 0.2) is 5.96 Å². The van der Waals surface area contributed by atoms with E-state index in [1.54, 1.807) is 16.4 Å². The van der Waals surface area contributed by atoms with Gasteiger partial charge in [0.2, 0.25) is 10.0 Å². The second kappa shape index (κ2) is 12.1. The number of hydrogen-bond acceptors (Lipinski definition) is 3. The van der Waals surface area contributed by atoms with Crippen LogP contribution >= 0.6 is 24.0 Å². The molecule has 8 heteroatoms. The zero-order valence-electron chi connectivity index (χ0n) is 17.4. The fourth-order valence-corrected chi connectivity index (χ4v) is 5.47. The van der Waals surface area contributed by atoms with Gasteiger partial charge in [-0.3, -0.25) is 0 Å². The van der Waals surface area contributed by atoms with Crippen molar-refractivity contribution in [3.05, 3.63) is 29.8 Å². The molecule has 2 aliphatic rings. The summed E-state index contributed by atoms with van der Waals surface area (Å²) in [5.74, 6) is 0.847. The number of nitrogens with zero attached hydrogens (tertiary/aromatic N) is 2. The molecule has 29 heavy (non-hydrogen) atoms. The van der Waals surface area contributed by atoms with Crippen LogP contribution in [0.4, 0.5) is 0 Å². The lowest BCUT2D eigenvalue weighted by atomic mass is 9.96. The van der Waals surface area contributed by atoms with Gasteiger partial charge in [0, 0.05) is 25.7 Å². The van der Waals surface area contributed by atoms with E-state index in [2.05, 4.69) is 17.6 Å². The molecule has 0 bridgehead atoms. The van der Waals surface area contributed by atoms with Crippen molar-refractivity contribution in [2.45, 2.75) is 75.8 Å². The van der Waals surface area contributed by atoms with Gasteiger partial charge in [-0.25, -0.2) is 13.4 Å². The van der Waals surface area contributed by atoms with Crippen molar-refractivity contribution < 1.29 is 8.42 Å². The third kappa shape index (κ3) is 7.10. The summed E-state index contributed by atoms with van der Waals surface area (Å²) >= 11 is 0. The van der Waals surface area contributed by atoms with Gasteiger partial charge in [-0.1, -0.05) is 37.8 Å². The number of aliphatic imine (C=N–C) groups is 1. The third-order valence-corrected chi connectivity index (χ3v) is 7.50. The summed E-state index contributed by atoms with van der Waals surface area (Å²) in [5.41, 5.74) is 1.01. The smallest absolute Gasteiger partial charge is 0.243 e. The van der Waals surface area contributed by atoms with Crippen molar-refractivity contribution in [3.8, 4) is 0 Å². The van der Waals surface area contributed by atoms with E-state index in [4.69, 9.17) is 4.99 Å². The number of rotatable bonds is 6. The highest BCUT2D eigenvalue weighted by molar-refractivity contribution is 14.0. The van der Waals surface area contributed by atoms with Gasteiger partial charge < -0.3 is 10.6 Å². The molecule has 1 aliphatic carbocycles. The lowest BCUT2D eigenvalue weighted by Crippen LogP contribution is -2.44. The molecule has 1 saturated heterocycles. The van der Waals surface area contributed by atoms with Gasteiger partial charge in [0.1, 0.15) is 0 Å². The van der Waals surface area contributed by atoms with E-state index in [1.807, 2.05) is 12.1 Å². The number of guanidine groups is 1. The van der Waals surface area contributed by atoms with E-state index >= 15 is 0 Å². The quantitative estimate of drug-likeness (QED) is 0.330. The van der Waals surface area contributed by atoms with Gasteiger partial charge in [0.25, 0.3) is 0 Å². The van der Waals surface area contributed by atoms with Crippen LogP contribution in [0.25, 0.3) is 0 Å². The topological polar surface area (TPSA) is 73.8 Å². The van der Waals surface area contributed by atoms with Crippen LogP contribution in [-0.4, -0.2) is 44.4 Å². The number of sulfonamides is 1. The molecular formula is C21H35IN4O2S. The van der Waals surface area contributed by atoms with E-state index in [9.17, 15) is 8.42 Å². The first-order valence-corrected chi connectivity index (χ1v) is 12.2. The van der Waals surface area contributed by atoms with E-state index < -0.39 is 10.0 Å². The summed E-state index contributed by atoms with van der Waals surface area (Å²) in [6.07, 6.45) is 9.32. The number of benzene rings is 1. The molecule has 0 unspecified atom stereocenters. The van der Waals surface area contributed by atoms with E-state index in [-0.39, 0.29) is 24.0 Å². The summed E-state index contributed by atoms with van der Waals surface area (Å²) in [5, 5.41) is 6.86. The summed E-state index contributed by atoms with van der Waals surface area (Å²) in [7, 11) is -3.37. The van der Waals surface area contributed by atoms with Crippen LogP contribution in [0.15, 0.2) is 34.2 Å². The van der Waals surface area contributed by atoms with Crippen molar-refractivity contribution >= 4 is 40.0 Å². The van der Waals surface area contributed by atoms with Gasteiger partial charge in [-0.2, -0.15) is 4.31 Å². The number of hydrogen-bond donors (Lipinski definition) is 2. The fraction of sp³-hybridized carbons (Fsp3) is 0.667. The third-order valence-electron chi connectivity index (χ3n) is 5.59. The molecule has 6 nitrogen and oxygen atoms in total. The Balaban J connectivity index is 0.00000300. The fourth-order valence-electron chi connectivity index (χ4n) is 3.95. The van der Waals surface area contributed by atoms with E-state index in [1.165, 1.54) is 32.1 Å². The van der Waals surface area contributed by atoms with Crippen LogP contribution < -0.4 is 10.6 Å². The molecule has 164 valence electrons. The molecule has 1 saturated carbocycles. The second-order valence-corrected chi connectivity index (χ2v) is 9.72. The minimum atomic E-state index is -3.37. The molecule has 3 rings (SSSR count). The first-order chi connectivity index (χ1) is 13.6. The Morgan fingerprint density at radius 3 is 2.28 bits per heavy atom. The molecule has 0 spiro atoms. The van der Waals surface area contributed by atoms with Crippen molar-refractivity contribution in [1.29, 1.82) is 0 Å². The number of nitrogens with one attached hydrogen (secondary N) is 2. The molecule has 0 aromatic heterocycles. The summed E-state index contributed by atoms with van der Waals surface area (Å²) in [6, 6.07) is 7.70. The Bertz CT molecular complexity index is 740. The molecule has 1 heterocycles. The summed E-state index contributed by atoms with van der Waals surface area (Å²) < 4.78 is 27.1. The van der Waals surface area contributed by atoms with Crippen molar-refractivity contribution in [3.63, 3.8) is 0 Å². The predicted molar refractivity (Wildman–Crippen MR) is 129 cm³/mol. The Hall–Kier alpha value is -0.870. The van der Waals surface area contributed by atoms with Crippen LogP contribution in [0.5, 0.6) is 0 Å². The maximum atomic E-state index is 12.7. The highest BCUT2D eigenvalue weighted by atomic mass is 127. The lowest BCUT2D eigenvalue weighted by Gasteiger charge is -2.26. The van der Waals surface area contributed by atoms with Crippen LogP contribution in [0, 0.1) is 0 Å². The van der Waals surface area contributed by atoms with Gasteiger partial charge in [-0.05, 0) is 50.3 Å². The van der Waals surface area contributed by atoms with Crippen LogP contribution in [0.3, 0.4) is 0 Å². The molecular weight excluding hydrogens is 499 g/mol. The first-order valence-electron chi connectivity index (χ1n) is 10.7. The summed E-state index contributed by atoms with van der Waals surface area (Å²) in [6.45, 7) is 4.69. The van der Waals surface area contributed by atoms with Crippen LogP contribution in [-0.2, 0) is 16.6 Å². The maximum absolute atomic E-state index is 12.7.